The summed E-state index contributed by atoms with van der Waals surface area (Å²) in [5.74, 6) is -0.909. The van der Waals surface area contributed by atoms with Crippen molar-refractivity contribution in [1.82, 2.24) is 25.0 Å². The summed E-state index contributed by atoms with van der Waals surface area (Å²) in [6.07, 6.45) is 4.47. The molecule has 3 aliphatic rings. The van der Waals surface area contributed by atoms with Gasteiger partial charge in [-0.1, -0.05) is 37.6 Å². The monoisotopic (exact) mass is 698 g/mol. The number of amides is 5. The molecule has 13 heteroatoms. The molecule has 1 atom stereocenters. The Morgan fingerprint density at radius 3 is 2.49 bits per heavy atom. The molecule has 2 saturated heterocycles. The van der Waals surface area contributed by atoms with Gasteiger partial charge in [-0.15, -0.1) is 0 Å². The number of aromatic nitrogens is 1. The highest BCUT2D eigenvalue weighted by atomic mass is 16.6. The van der Waals surface area contributed by atoms with Crippen LogP contribution in [0.25, 0.3) is 10.9 Å². The largest absolute Gasteiger partial charge is 0.483 e. The van der Waals surface area contributed by atoms with Gasteiger partial charge in [-0.2, -0.15) is 0 Å². The standard InChI is InChI=1S/C38H46N6O7/c1-3-4-21-50-38(49)42-19-17-41(18-20-42)34(45)24-39-36(47)30-23-33(28-14-13-26(2)22-29(28)40-30)51-25-35(46)43-15-8-12-32(43)37(48)44-16-7-10-27-9-5-6-11-31(27)44/h5-6,9,11,13-14,22-23,32H,3-4,7-8,10,12,15-21,24-25H2,1-2H3,(H,39,47)/t32-/m0/s1. The zero-order chi connectivity index (χ0) is 35.9. The van der Waals surface area contributed by atoms with E-state index in [9.17, 15) is 24.0 Å². The number of carbonyl (C=O) groups excluding carboxylic acids is 5. The number of nitrogens with one attached hydrogen (secondary N) is 1. The van der Waals surface area contributed by atoms with Crippen LogP contribution in [-0.2, 0) is 25.5 Å². The zero-order valence-corrected chi connectivity index (χ0v) is 29.4. The summed E-state index contributed by atoms with van der Waals surface area (Å²) in [5.41, 5.74) is 3.53. The van der Waals surface area contributed by atoms with Crippen LogP contribution in [0.3, 0.4) is 0 Å². The zero-order valence-electron chi connectivity index (χ0n) is 29.4. The second kappa shape index (κ2) is 16.2. The van der Waals surface area contributed by atoms with Gasteiger partial charge in [0.05, 0.1) is 18.7 Å². The molecule has 0 radical (unpaired) electrons. The summed E-state index contributed by atoms with van der Waals surface area (Å²) in [5, 5.41) is 3.30. The van der Waals surface area contributed by atoms with Gasteiger partial charge < -0.3 is 34.4 Å². The highest BCUT2D eigenvalue weighted by Crippen LogP contribution is 2.31. The van der Waals surface area contributed by atoms with Gasteiger partial charge in [0, 0.05) is 56.4 Å². The van der Waals surface area contributed by atoms with Gasteiger partial charge in [0.15, 0.2) is 6.61 Å². The maximum Gasteiger partial charge on any atom is 0.409 e. The molecule has 0 unspecified atom stereocenters. The average molecular weight is 699 g/mol. The van der Waals surface area contributed by atoms with E-state index in [1.54, 1.807) is 14.7 Å². The van der Waals surface area contributed by atoms with Gasteiger partial charge in [0.25, 0.3) is 11.8 Å². The van der Waals surface area contributed by atoms with Crippen molar-refractivity contribution in [2.45, 2.75) is 58.4 Å². The summed E-state index contributed by atoms with van der Waals surface area (Å²) >= 11 is 0. The van der Waals surface area contributed by atoms with Crippen LogP contribution in [0, 0.1) is 6.92 Å². The van der Waals surface area contributed by atoms with E-state index in [4.69, 9.17) is 9.47 Å². The number of para-hydroxylation sites is 1. The van der Waals surface area contributed by atoms with Gasteiger partial charge in [-0.25, -0.2) is 9.78 Å². The predicted molar refractivity (Wildman–Crippen MR) is 191 cm³/mol. The molecule has 13 nitrogen and oxygen atoms in total. The summed E-state index contributed by atoms with van der Waals surface area (Å²) in [7, 11) is 0. The lowest BCUT2D eigenvalue weighted by Gasteiger charge is -2.34. The van der Waals surface area contributed by atoms with E-state index in [0.717, 1.165) is 48.9 Å². The number of hydrogen-bond donors (Lipinski definition) is 1. The van der Waals surface area contributed by atoms with Gasteiger partial charge in [0.1, 0.15) is 17.5 Å². The number of benzene rings is 2. The third-order valence-corrected chi connectivity index (χ3v) is 9.76. The number of carbonyl (C=O) groups is 5. The minimum absolute atomic E-state index is 0.0426. The SMILES string of the molecule is CCCCOC(=O)N1CCN(C(=O)CNC(=O)c2cc(OCC(=O)N3CCC[C@H]3C(=O)N3CCCc4ccccc43)c3ccc(C)cc3n2)CC1. The number of unbranched alkanes of at least 4 members (excludes halogenated alkanes) is 1. The Balaban J connectivity index is 1.07. The number of fused-ring (bicyclic) bond motifs is 2. The molecule has 270 valence electrons. The predicted octanol–water partition coefficient (Wildman–Crippen LogP) is 3.70. The first kappa shape index (κ1) is 35.6. The fraction of sp³-hybridized carbons (Fsp3) is 0.474. The molecule has 6 rings (SSSR count). The molecule has 1 N–H and O–H groups in total. The number of hydrogen-bond acceptors (Lipinski definition) is 8. The average Bonchev–Trinajstić information content (AvgIpc) is 3.65. The molecule has 0 aliphatic carbocycles. The number of ether oxygens (including phenoxy) is 2. The van der Waals surface area contributed by atoms with Crippen LogP contribution in [0.5, 0.6) is 5.75 Å². The van der Waals surface area contributed by atoms with Crippen molar-refractivity contribution in [2.75, 3.05) is 63.9 Å². The van der Waals surface area contributed by atoms with E-state index in [-0.39, 0.29) is 42.7 Å². The lowest BCUT2D eigenvalue weighted by Crippen LogP contribution is -2.52. The molecule has 0 bridgehead atoms. The molecule has 3 aliphatic heterocycles. The Labute approximate surface area is 297 Å². The summed E-state index contributed by atoms with van der Waals surface area (Å²) in [4.78, 5) is 77.0. The fourth-order valence-electron chi connectivity index (χ4n) is 6.92. The topological polar surface area (TPSA) is 142 Å². The number of anilines is 1. The quantitative estimate of drug-likeness (QED) is 0.316. The van der Waals surface area contributed by atoms with E-state index in [0.29, 0.717) is 68.9 Å². The van der Waals surface area contributed by atoms with Crippen LogP contribution in [-0.4, -0.2) is 114 Å². The van der Waals surface area contributed by atoms with Gasteiger partial charge in [-0.3, -0.25) is 19.2 Å². The van der Waals surface area contributed by atoms with E-state index in [1.807, 2.05) is 61.2 Å². The molecule has 2 aromatic carbocycles. The number of pyridine rings is 1. The van der Waals surface area contributed by atoms with Gasteiger partial charge >= 0.3 is 6.09 Å². The van der Waals surface area contributed by atoms with Crippen molar-refractivity contribution in [3.8, 4) is 5.75 Å². The smallest absolute Gasteiger partial charge is 0.409 e. The van der Waals surface area contributed by atoms with E-state index < -0.39 is 11.9 Å². The molecule has 0 saturated carbocycles. The molecule has 1 aromatic heterocycles. The van der Waals surface area contributed by atoms with Crippen LogP contribution in [0.4, 0.5) is 10.5 Å². The fourth-order valence-corrected chi connectivity index (χ4v) is 6.92. The first-order valence-corrected chi connectivity index (χ1v) is 17.9. The van der Waals surface area contributed by atoms with Crippen LogP contribution < -0.4 is 15.0 Å². The molecule has 2 fully saturated rings. The first-order valence-electron chi connectivity index (χ1n) is 17.9. The van der Waals surface area contributed by atoms with Crippen molar-refractivity contribution in [3.63, 3.8) is 0 Å². The molecule has 5 amide bonds. The number of piperazine rings is 1. The summed E-state index contributed by atoms with van der Waals surface area (Å²) in [6.45, 7) is 6.22. The van der Waals surface area contributed by atoms with E-state index >= 15 is 0 Å². The van der Waals surface area contributed by atoms with Crippen molar-refractivity contribution < 1.29 is 33.4 Å². The normalized spacial score (nSPS) is 17.3. The van der Waals surface area contributed by atoms with E-state index in [1.165, 1.54) is 6.07 Å². The lowest BCUT2D eigenvalue weighted by atomic mass is 10.0. The minimum Gasteiger partial charge on any atom is -0.483 e. The Kier molecular flexibility index (Phi) is 11.3. The van der Waals surface area contributed by atoms with Crippen LogP contribution in [0.15, 0.2) is 48.5 Å². The molecule has 4 heterocycles. The highest BCUT2D eigenvalue weighted by Gasteiger charge is 2.38. The maximum atomic E-state index is 13.8. The Morgan fingerprint density at radius 2 is 1.69 bits per heavy atom. The highest BCUT2D eigenvalue weighted by molar-refractivity contribution is 6.01. The second-order valence-electron chi connectivity index (χ2n) is 13.3. The van der Waals surface area contributed by atoms with Crippen molar-refractivity contribution in [3.05, 3.63) is 65.4 Å². The summed E-state index contributed by atoms with van der Waals surface area (Å²) in [6, 6.07) is 14.4. The lowest BCUT2D eigenvalue weighted by molar-refractivity contribution is -0.139. The number of aryl methyl sites for hydroxylation is 2. The van der Waals surface area contributed by atoms with Gasteiger partial charge in [0.2, 0.25) is 11.8 Å². The molecular formula is C38H46N6O7. The molecule has 0 spiro atoms. The van der Waals surface area contributed by atoms with Gasteiger partial charge in [-0.05, 0) is 68.4 Å². The van der Waals surface area contributed by atoms with Crippen molar-refractivity contribution >= 4 is 46.3 Å². The Bertz CT molecular complexity index is 1790. The van der Waals surface area contributed by atoms with Crippen molar-refractivity contribution in [2.24, 2.45) is 0 Å². The van der Waals surface area contributed by atoms with Crippen LogP contribution in [0.2, 0.25) is 0 Å². The minimum atomic E-state index is -0.564. The molecular weight excluding hydrogens is 652 g/mol. The third kappa shape index (κ3) is 8.24. The maximum absolute atomic E-state index is 13.8. The van der Waals surface area contributed by atoms with Crippen molar-refractivity contribution in [1.29, 1.82) is 0 Å². The van der Waals surface area contributed by atoms with E-state index in [2.05, 4.69) is 10.3 Å². The number of rotatable bonds is 10. The second-order valence-corrected chi connectivity index (χ2v) is 13.3. The summed E-state index contributed by atoms with van der Waals surface area (Å²) < 4.78 is 11.4. The van der Waals surface area contributed by atoms with Crippen LogP contribution >= 0.6 is 0 Å². The number of nitrogens with zero attached hydrogens (tertiary/aromatic N) is 5. The molecule has 3 aromatic rings. The Hall–Kier alpha value is -5.20. The number of likely N-dealkylation sites (tertiary alicyclic amines) is 1. The molecule has 51 heavy (non-hydrogen) atoms. The first-order chi connectivity index (χ1) is 24.7. The Morgan fingerprint density at radius 1 is 0.902 bits per heavy atom. The third-order valence-electron chi connectivity index (χ3n) is 9.76. The van der Waals surface area contributed by atoms with Crippen LogP contribution in [0.1, 0.15) is 60.6 Å².